The van der Waals surface area contributed by atoms with Crippen LogP contribution >= 0.6 is 11.8 Å². The van der Waals surface area contributed by atoms with Gasteiger partial charge in [0.2, 0.25) is 0 Å². The van der Waals surface area contributed by atoms with E-state index in [1.165, 1.54) is 24.9 Å². The van der Waals surface area contributed by atoms with Crippen LogP contribution in [0.25, 0.3) is 10.8 Å². The van der Waals surface area contributed by atoms with Crippen LogP contribution in [0.3, 0.4) is 0 Å². The van der Waals surface area contributed by atoms with E-state index in [0.717, 1.165) is 15.7 Å². The van der Waals surface area contributed by atoms with Gasteiger partial charge in [-0.25, -0.2) is 4.39 Å². The first-order valence-electron chi connectivity index (χ1n) is 6.47. The molecule has 2 nitrogen and oxygen atoms in total. The van der Waals surface area contributed by atoms with E-state index in [1.807, 2.05) is 36.4 Å². The Morgan fingerprint density at radius 1 is 1.00 bits per heavy atom. The molecular weight excluding hydrogens is 285 g/mol. The minimum Gasteiger partial charge on any atom is -0.495 e. The molecule has 0 aliphatic rings. The molecule has 0 amide bonds. The Bertz CT molecular complexity index is 804. The van der Waals surface area contributed by atoms with Crippen LogP contribution < -0.4 is 10.5 Å². The molecule has 0 fully saturated rings. The minimum atomic E-state index is -0.341. The molecule has 0 aliphatic heterocycles. The van der Waals surface area contributed by atoms with Crippen LogP contribution in [0.1, 0.15) is 0 Å². The van der Waals surface area contributed by atoms with Gasteiger partial charge in [-0.2, -0.15) is 0 Å². The molecule has 0 heterocycles. The first kappa shape index (κ1) is 13.8. The zero-order chi connectivity index (χ0) is 14.8. The zero-order valence-corrected chi connectivity index (χ0v) is 12.3. The number of benzene rings is 3. The number of ether oxygens (including phenoxy) is 1. The molecule has 0 aliphatic carbocycles. The van der Waals surface area contributed by atoms with Gasteiger partial charge in [0, 0.05) is 11.0 Å². The van der Waals surface area contributed by atoms with Crippen molar-refractivity contribution in [3.63, 3.8) is 0 Å². The summed E-state index contributed by atoms with van der Waals surface area (Å²) < 4.78 is 19.2. The maximum absolute atomic E-state index is 14.0. The molecule has 0 radical (unpaired) electrons. The Morgan fingerprint density at radius 2 is 1.76 bits per heavy atom. The van der Waals surface area contributed by atoms with Crippen LogP contribution in [0.4, 0.5) is 10.1 Å². The smallest absolute Gasteiger partial charge is 0.143 e. The summed E-state index contributed by atoms with van der Waals surface area (Å²) in [7, 11) is 1.52. The Hall–Kier alpha value is -2.20. The molecule has 0 saturated carbocycles. The molecule has 0 unspecified atom stereocenters. The van der Waals surface area contributed by atoms with Crippen molar-refractivity contribution in [3.05, 3.63) is 60.4 Å². The zero-order valence-electron chi connectivity index (χ0n) is 11.5. The van der Waals surface area contributed by atoms with Crippen LogP contribution in [0, 0.1) is 5.82 Å². The number of hydrogen-bond donors (Lipinski definition) is 1. The highest BCUT2D eigenvalue weighted by molar-refractivity contribution is 7.99. The molecule has 3 aromatic rings. The summed E-state index contributed by atoms with van der Waals surface area (Å²) in [6.07, 6.45) is 0. The van der Waals surface area contributed by atoms with Crippen molar-refractivity contribution in [3.8, 4) is 5.75 Å². The van der Waals surface area contributed by atoms with E-state index < -0.39 is 0 Å². The fourth-order valence-electron chi connectivity index (χ4n) is 2.16. The molecule has 21 heavy (non-hydrogen) atoms. The lowest BCUT2D eigenvalue weighted by molar-refractivity contribution is 0.414. The average molecular weight is 299 g/mol. The quantitative estimate of drug-likeness (QED) is 0.711. The predicted molar refractivity (Wildman–Crippen MR) is 85.4 cm³/mol. The summed E-state index contributed by atoms with van der Waals surface area (Å²) in [4.78, 5) is 1.47. The molecule has 106 valence electrons. The van der Waals surface area contributed by atoms with Crippen molar-refractivity contribution in [1.29, 1.82) is 0 Å². The van der Waals surface area contributed by atoms with E-state index in [1.54, 1.807) is 6.07 Å². The number of rotatable bonds is 3. The highest BCUT2D eigenvalue weighted by atomic mass is 32.2. The normalized spacial score (nSPS) is 10.8. The van der Waals surface area contributed by atoms with Gasteiger partial charge in [0.15, 0.2) is 0 Å². The molecule has 3 aromatic carbocycles. The molecule has 0 atom stereocenters. The van der Waals surface area contributed by atoms with Crippen LogP contribution in [0.15, 0.2) is 64.4 Å². The number of anilines is 1. The van der Waals surface area contributed by atoms with Crippen molar-refractivity contribution < 1.29 is 9.13 Å². The van der Waals surface area contributed by atoms with E-state index in [2.05, 4.69) is 6.07 Å². The van der Waals surface area contributed by atoms with Crippen LogP contribution in [0.5, 0.6) is 5.75 Å². The lowest BCUT2D eigenvalue weighted by atomic mass is 10.1. The van der Waals surface area contributed by atoms with E-state index >= 15 is 0 Å². The lowest BCUT2D eigenvalue weighted by Gasteiger charge is -2.09. The SMILES string of the molecule is COc1cc(Sc2ccc3ccccc3c2)c(F)cc1N. The van der Waals surface area contributed by atoms with E-state index in [-0.39, 0.29) is 5.82 Å². The predicted octanol–water partition coefficient (Wildman–Crippen LogP) is 4.72. The second kappa shape index (κ2) is 5.66. The van der Waals surface area contributed by atoms with Gasteiger partial charge in [0.1, 0.15) is 11.6 Å². The monoisotopic (exact) mass is 299 g/mol. The van der Waals surface area contributed by atoms with Crippen molar-refractivity contribution in [1.82, 2.24) is 0 Å². The van der Waals surface area contributed by atoms with Gasteiger partial charge in [-0.1, -0.05) is 42.1 Å². The fraction of sp³-hybridized carbons (Fsp3) is 0.0588. The highest BCUT2D eigenvalue weighted by Crippen LogP contribution is 2.36. The Labute approximate surface area is 126 Å². The van der Waals surface area contributed by atoms with Gasteiger partial charge in [0.05, 0.1) is 17.7 Å². The topological polar surface area (TPSA) is 35.2 Å². The molecule has 0 bridgehead atoms. The number of fused-ring (bicyclic) bond motifs is 1. The van der Waals surface area contributed by atoms with E-state index in [9.17, 15) is 4.39 Å². The lowest BCUT2D eigenvalue weighted by Crippen LogP contribution is -1.94. The summed E-state index contributed by atoms with van der Waals surface area (Å²) in [6.45, 7) is 0. The van der Waals surface area contributed by atoms with Gasteiger partial charge in [-0.05, 0) is 29.0 Å². The maximum Gasteiger partial charge on any atom is 0.143 e. The van der Waals surface area contributed by atoms with Crippen LogP contribution in [0.2, 0.25) is 0 Å². The molecule has 2 N–H and O–H groups in total. The Kier molecular flexibility index (Phi) is 3.71. The number of methoxy groups -OCH3 is 1. The third kappa shape index (κ3) is 2.81. The van der Waals surface area contributed by atoms with Crippen molar-refractivity contribution >= 4 is 28.2 Å². The van der Waals surface area contributed by atoms with Gasteiger partial charge in [-0.3, -0.25) is 0 Å². The summed E-state index contributed by atoms with van der Waals surface area (Å²) in [5, 5.41) is 2.29. The third-order valence-corrected chi connectivity index (χ3v) is 4.26. The molecule has 4 heteroatoms. The molecule has 0 saturated heterocycles. The number of nitrogen functional groups attached to an aromatic ring is 1. The van der Waals surface area contributed by atoms with E-state index in [0.29, 0.717) is 16.3 Å². The molecule has 3 rings (SSSR count). The van der Waals surface area contributed by atoms with Gasteiger partial charge >= 0.3 is 0 Å². The van der Waals surface area contributed by atoms with Crippen molar-refractivity contribution in [2.45, 2.75) is 9.79 Å². The first-order chi connectivity index (χ1) is 10.2. The Morgan fingerprint density at radius 3 is 2.52 bits per heavy atom. The first-order valence-corrected chi connectivity index (χ1v) is 7.28. The summed E-state index contributed by atoms with van der Waals surface area (Å²) in [5.41, 5.74) is 6.00. The van der Waals surface area contributed by atoms with Crippen molar-refractivity contribution in [2.24, 2.45) is 0 Å². The molecule has 0 spiro atoms. The van der Waals surface area contributed by atoms with Gasteiger partial charge in [0.25, 0.3) is 0 Å². The van der Waals surface area contributed by atoms with Crippen molar-refractivity contribution in [2.75, 3.05) is 12.8 Å². The average Bonchev–Trinajstić information content (AvgIpc) is 2.50. The standard InChI is InChI=1S/C17H14FNOS/c1-20-16-10-17(14(18)9-15(16)19)21-13-7-6-11-4-2-3-5-12(11)8-13/h2-10H,19H2,1H3. The minimum absolute atomic E-state index is 0.304. The second-order valence-electron chi connectivity index (χ2n) is 4.64. The van der Waals surface area contributed by atoms with Gasteiger partial charge in [-0.15, -0.1) is 0 Å². The fourth-order valence-corrected chi connectivity index (χ4v) is 3.06. The van der Waals surface area contributed by atoms with Gasteiger partial charge < -0.3 is 10.5 Å². The summed E-state index contributed by atoms with van der Waals surface area (Å²) in [5.74, 6) is 0.145. The third-order valence-electron chi connectivity index (χ3n) is 3.23. The second-order valence-corrected chi connectivity index (χ2v) is 5.75. The highest BCUT2D eigenvalue weighted by Gasteiger charge is 2.10. The van der Waals surface area contributed by atoms with E-state index in [4.69, 9.17) is 10.5 Å². The number of halogens is 1. The Balaban J connectivity index is 1.98. The largest absolute Gasteiger partial charge is 0.495 e. The van der Waals surface area contributed by atoms with Crippen LogP contribution in [-0.4, -0.2) is 7.11 Å². The maximum atomic E-state index is 14.0. The number of hydrogen-bond acceptors (Lipinski definition) is 3. The summed E-state index contributed by atoms with van der Waals surface area (Å²) >= 11 is 1.36. The summed E-state index contributed by atoms with van der Waals surface area (Å²) in [6, 6.07) is 17.1. The molecular formula is C17H14FNOS. The molecule has 0 aromatic heterocycles. The van der Waals surface area contributed by atoms with Crippen LogP contribution in [-0.2, 0) is 0 Å². The number of nitrogens with two attached hydrogens (primary N) is 1.